The van der Waals surface area contributed by atoms with E-state index in [1.54, 1.807) is 0 Å². The van der Waals surface area contributed by atoms with Crippen LogP contribution in [0, 0.1) is 0 Å². The van der Waals surface area contributed by atoms with Crippen molar-refractivity contribution in [2.75, 3.05) is 0 Å². The van der Waals surface area contributed by atoms with Gasteiger partial charge in [0.2, 0.25) is 0 Å². The fourth-order valence-corrected chi connectivity index (χ4v) is 1.30. The second-order valence-electron chi connectivity index (χ2n) is 3.09. The standard InChI is InChI=1S/C10H7NO5/c1-5(12)15-6-2-3-7-8(4-6)16-11-9(7)10(13)14/h2-4H,1H3,(H,13,14). The lowest BCUT2D eigenvalue weighted by molar-refractivity contribution is -0.131. The van der Waals surface area contributed by atoms with Crippen LogP contribution in [-0.2, 0) is 4.79 Å². The third-order valence-corrected chi connectivity index (χ3v) is 1.91. The normalized spacial score (nSPS) is 10.3. The maximum atomic E-state index is 10.7. The minimum atomic E-state index is -1.17. The second-order valence-corrected chi connectivity index (χ2v) is 3.09. The smallest absolute Gasteiger partial charge is 0.358 e. The van der Waals surface area contributed by atoms with Crippen LogP contribution in [0.25, 0.3) is 11.0 Å². The highest BCUT2D eigenvalue weighted by molar-refractivity contribution is 6.00. The van der Waals surface area contributed by atoms with Crippen molar-refractivity contribution in [2.45, 2.75) is 6.92 Å². The molecule has 1 aromatic carbocycles. The van der Waals surface area contributed by atoms with E-state index in [9.17, 15) is 9.59 Å². The monoisotopic (exact) mass is 221 g/mol. The number of hydrogen-bond acceptors (Lipinski definition) is 5. The van der Waals surface area contributed by atoms with Gasteiger partial charge in [0.1, 0.15) is 5.75 Å². The molecule has 2 rings (SSSR count). The summed E-state index contributed by atoms with van der Waals surface area (Å²) in [7, 11) is 0. The van der Waals surface area contributed by atoms with Crippen LogP contribution in [0.1, 0.15) is 17.4 Å². The highest BCUT2D eigenvalue weighted by Crippen LogP contribution is 2.23. The average molecular weight is 221 g/mol. The topological polar surface area (TPSA) is 89.6 Å². The Morgan fingerprint density at radius 3 is 2.81 bits per heavy atom. The van der Waals surface area contributed by atoms with Crippen LogP contribution in [0.5, 0.6) is 5.75 Å². The molecule has 0 saturated heterocycles. The number of ether oxygens (including phenoxy) is 1. The molecule has 1 heterocycles. The lowest BCUT2D eigenvalue weighted by atomic mass is 10.2. The number of rotatable bonds is 2. The molecule has 1 N–H and O–H groups in total. The SMILES string of the molecule is CC(=O)Oc1ccc2c(C(=O)O)noc2c1. The molecule has 1 aromatic heterocycles. The molecular formula is C10H7NO5. The van der Waals surface area contributed by atoms with E-state index in [1.807, 2.05) is 0 Å². The summed E-state index contributed by atoms with van der Waals surface area (Å²) in [6.07, 6.45) is 0. The van der Waals surface area contributed by atoms with Crippen molar-refractivity contribution in [1.29, 1.82) is 0 Å². The first-order chi connectivity index (χ1) is 7.58. The number of carboxylic acid groups (broad SMARTS) is 1. The average Bonchev–Trinajstić information content (AvgIpc) is 2.59. The first-order valence-corrected chi connectivity index (χ1v) is 4.39. The Bertz CT molecular complexity index is 572. The molecule has 0 aliphatic rings. The lowest BCUT2D eigenvalue weighted by Gasteiger charge is -1.99. The van der Waals surface area contributed by atoms with Gasteiger partial charge < -0.3 is 14.4 Å². The summed E-state index contributed by atoms with van der Waals surface area (Å²) in [4.78, 5) is 21.4. The van der Waals surface area contributed by atoms with Crippen LogP contribution < -0.4 is 4.74 Å². The molecule has 0 radical (unpaired) electrons. The number of esters is 1. The summed E-state index contributed by atoms with van der Waals surface area (Å²) < 4.78 is 9.63. The number of benzene rings is 1. The van der Waals surface area contributed by atoms with Crippen LogP contribution in [-0.4, -0.2) is 22.2 Å². The first-order valence-electron chi connectivity index (χ1n) is 4.39. The molecule has 16 heavy (non-hydrogen) atoms. The number of aromatic carboxylic acids is 1. The first kappa shape index (κ1) is 10.2. The van der Waals surface area contributed by atoms with E-state index < -0.39 is 11.9 Å². The molecular weight excluding hydrogens is 214 g/mol. The van der Waals surface area contributed by atoms with E-state index in [-0.39, 0.29) is 17.0 Å². The molecule has 0 aliphatic carbocycles. The van der Waals surface area contributed by atoms with Crippen LogP contribution in [0.3, 0.4) is 0 Å². The van der Waals surface area contributed by atoms with Crippen LogP contribution in [0.15, 0.2) is 22.7 Å². The lowest BCUT2D eigenvalue weighted by Crippen LogP contribution is -2.01. The molecule has 0 amide bonds. The largest absolute Gasteiger partial charge is 0.476 e. The summed E-state index contributed by atoms with van der Waals surface area (Å²) in [5.74, 6) is -1.34. The zero-order valence-corrected chi connectivity index (χ0v) is 8.26. The molecule has 6 nitrogen and oxygen atoms in total. The van der Waals surface area contributed by atoms with E-state index in [0.29, 0.717) is 5.39 Å². The molecule has 0 atom stereocenters. The number of fused-ring (bicyclic) bond motifs is 1. The van der Waals surface area contributed by atoms with Gasteiger partial charge in [0.05, 0.1) is 5.39 Å². The minimum Gasteiger partial charge on any atom is -0.476 e. The molecule has 82 valence electrons. The van der Waals surface area contributed by atoms with E-state index in [4.69, 9.17) is 14.4 Å². The summed E-state index contributed by atoms with van der Waals surface area (Å²) in [5, 5.41) is 12.5. The van der Waals surface area contributed by atoms with Crippen molar-refractivity contribution in [1.82, 2.24) is 5.16 Å². The van der Waals surface area contributed by atoms with Gasteiger partial charge >= 0.3 is 11.9 Å². The number of carbonyl (C=O) groups excluding carboxylic acids is 1. The molecule has 0 unspecified atom stereocenters. The van der Waals surface area contributed by atoms with Crippen molar-refractivity contribution in [3.05, 3.63) is 23.9 Å². The van der Waals surface area contributed by atoms with Gasteiger partial charge in [-0.2, -0.15) is 0 Å². The van der Waals surface area contributed by atoms with E-state index in [1.165, 1.54) is 25.1 Å². The van der Waals surface area contributed by atoms with Crippen molar-refractivity contribution >= 4 is 22.9 Å². The Labute approximate surface area is 89.4 Å². The quantitative estimate of drug-likeness (QED) is 0.609. The van der Waals surface area contributed by atoms with Crippen molar-refractivity contribution in [2.24, 2.45) is 0 Å². The summed E-state index contributed by atoms with van der Waals surface area (Å²) in [5.41, 5.74) is 0.0977. The Hall–Kier alpha value is -2.37. The number of carboxylic acids is 1. The van der Waals surface area contributed by atoms with Gasteiger partial charge in [-0.05, 0) is 12.1 Å². The molecule has 0 spiro atoms. The van der Waals surface area contributed by atoms with Gasteiger partial charge in [0, 0.05) is 13.0 Å². The van der Waals surface area contributed by atoms with Gasteiger partial charge in [0.15, 0.2) is 11.3 Å². The third kappa shape index (κ3) is 1.72. The van der Waals surface area contributed by atoms with Crippen LogP contribution >= 0.6 is 0 Å². The fourth-order valence-electron chi connectivity index (χ4n) is 1.30. The van der Waals surface area contributed by atoms with Crippen molar-refractivity contribution in [3.63, 3.8) is 0 Å². The number of carbonyl (C=O) groups is 2. The fraction of sp³-hybridized carbons (Fsp3) is 0.100. The summed E-state index contributed by atoms with van der Waals surface area (Å²) >= 11 is 0. The summed E-state index contributed by atoms with van der Waals surface area (Å²) in [6, 6.07) is 4.37. The highest BCUT2D eigenvalue weighted by atomic mass is 16.5. The van der Waals surface area contributed by atoms with Gasteiger partial charge in [-0.3, -0.25) is 4.79 Å². The highest BCUT2D eigenvalue weighted by Gasteiger charge is 2.15. The van der Waals surface area contributed by atoms with Gasteiger partial charge in [0.25, 0.3) is 0 Å². The predicted molar refractivity (Wildman–Crippen MR) is 52.3 cm³/mol. The Balaban J connectivity index is 2.49. The van der Waals surface area contributed by atoms with Crippen molar-refractivity contribution < 1.29 is 24.0 Å². The molecule has 0 fully saturated rings. The molecule has 0 bridgehead atoms. The Kier molecular flexibility index (Phi) is 2.32. The third-order valence-electron chi connectivity index (χ3n) is 1.91. The number of aromatic nitrogens is 1. The zero-order chi connectivity index (χ0) is 11.7. The predicted octanol–water partition coefficient (Wildman–Crippen LogP) is 1.45. The van der Waals surface area contributed by atoms with Gasteiger partial charge in [-0.25, -0.2) is 4.79 Å². The summed E-state index contributed by atoms with van der Waals surface area (Å²) in [6.45, 7) is 1.27. The molecule has 0 aliphatic heterocycles. The number of nitrogens with zero attached hydrogens (tertiary/aromatic N) is 1. The maximum Gasteiger partial charge on any atom is 0.358 e. The Morgan fingerprint density at radius 1 is 1.44 bits per heavy atom. The molecule has 0 saturated carbocycles. The minimum absolute atomic E-state index is 0.163. The van der Waals surface area contributed by atoms with E-state index in [0.717, 1.165) is 0 Å². The van der Waals surface area contributed by atoms with Crippen molar-refractivity contribution in [3.8, 4) is 5.75 Å². The number of hydrogen-bond donors (Lipinski definition) is 1. The molecule has 2 aromatic rings. The van der Waals surface area contributed by atoms with Crippen LogP contribution in [0.2, 0.25) is 0 Å². The van der Waals surface area contributed by atoms with Gasteiger partial charge in [-0.15, -0.1) is 0 Å². The van der Waals surface area contributed by atoms with Gasteiger partial charge in [-0.1, -0.05) is 5.16 Å². The second kappa shape index (κ2) is 3.65. The maximum absolute atomic E-state index is 10.7. The Morgan fingerprint density at radius 2 is 2.19 bits per heavy atom. The van der Waals surface area contributed by atoms with E-state index in [2.05, 4.69) is 5.16 Å². The van der Waals surface area contributed by atoms with Crippen LogP contribution in [0.4, 0.5) is 0 Å². The zero-order valence-electron chi connectivity index (χ0n) is 8.26. The molecule has 6 heteroatoms. The van der Waals surface area contributed by atoms with E-state index >= 15 is 0 Å².